The first-order chi connectivity index (χ1) is 6.80. The normalized spacial score (nSPS) is 13.6. The van der Waals surface area contributed by atoms with Crippen LogP contribution in [0.4, 0.5) is 0 Å². The Labute approximate surface area is 105 Å². The summed E-state index contributed by atoms with van der Waals surface area (Å²) in [5.41, 5.74) is 0.707. The quantitative estimate of drug-likeness (QED) is 0.909. The fraction of sp³-hybridized carbons (Fsp3) is 0.400. The van der Waals surface area contributed by atoms with E-state index in [-0.39, 0.29) is 4.75 Å². The van der Waals surface area contributed by atoms with Crippen molar-refractivity contribution in [3.63, 3.8) is 0 Å². The van der Waals surface area contributed by atoms with Crippen LogP contribution in [-0.4, -0.2) is 8.96 Å². The topological polar surface area (TPSA) is 29.1 Å². The van der Waals surface area contributed by atoms with Gasteiger partial charge >= 0.3 is 0 Å². The molecule has 0 spiro atoms. The summed E-state index contributed by atoms with van der Waals surface area (Å²) in [6, 6.07) is 1.96. The largest absolute Gasteiger partial charge is 0.304 e. The molecule has 1 aromatic heterocycles. The summed E-state index contributed by atoms with van der Waals surface area (Å²) in [4.78, 5) is 1.000. The minimum absolute atomic E-state index is 0.280. The van der Waals surface area contributed by atoms with E-state index in [1.54, 1.807) is 11.3 Å². The van der Waals surface area contributed by atoms with Gasteiger partial charge in [-0.05, 0) is 42.8 Å². The van der Waals surface area contributed by atoms with Crippen molar-refractivity contribution in [2.45, 2.75) is 25.5 Å². The van der Waals surface area contributed by atoms with Gasteiger partial charge in [0.1, 0.15) is 11.0 Å². The van der Waals surface area contributed by atoms with Gasteiger partial charge in [0.15, 0.2) is 0 Å². The molecule has 0 saturated carbocycles. The summed E-state index contributed by atoms with van der Waals surface area (Å²) < 4.78 is 15.4. The van der Waals surface area contributed by atoms with E-state index < -0.39 is 11.0 Å². The van der Waals surface area contributed by atoms with Gasteiger partial charge in [-0.15, -0.1) is 11.3 Å². The zero-order chi connectivity index (χ0) is 11.6. The summed E-state index contributed by atoms with van der Waals surface area (Å²) in [7, 11) is -1.12. The molecule has 84 valence electrons. The van der Waals surface area contributed by atoms with Crippen LogP contribution in [0.15, 0.2) is 22.5 Å². The van der Waals surface area contributed by atoms with Crippen LogP contribution >= 0.6 is 27.3 Å². The van der Waals surface area contributed by atoms with Crippen LogP contribution in [0.3, 0.4) is 0 Å². The van der Waals surface area contributed by atoms with Crippen molar-refractivity contribution in [3.05, 3.63) is 27.4 Å². The molecule has 2 nitrogen and oxygen atoms in total. The van der Waals surface area contributed by atoms with Gasteiger partial charge in [0, 0.05) is 9.85 Å². The van der Waals surface area contributed by atoms with Gasteiger partial charge in [-0.3, -0.25) is 0 Å². The van der Waals surface area contributed by atoms with E-state index in [0.29, 0.717) is 5.70 Å². The van der Waals surface area contributed by atoms with Crippen molar-refractivity contribution in [2.75, 3.05) is 0 Å². The maximum Gasteiger partial charge on any atom is 0.122 e. The van der Waals surface area contributed by atoms with Crippen LogP contribution in [0.2, 0.25) is 0 Å². The molecule has 1 atom stereocenters. The maximum absolute atomic E-state index is 11.8. The van der Waals surface area contributed by atoms with Gasteiger partial charge < -0.3 is 4.72 Å². The lowest BCUT2D eigenvalue weighted by atomic mass is 10.3. The molecule has 0 aliphatic carbocycles. The van der Waals surface area contributed by atoms with E-state index in [1.807, 2.05) is 32.2 Å². The predicted molar refractivity (Wildman–Crippen MR) is 72.1 cm³/mol. The van der Waals surface area contributed by atoms with Gasteiger partial charge in [0.05, 0.1) is 15.3 Å². The van der Waals surface area contributed by atoms with Crippen molar-refractivity contribution in [1.29, 1.82) is 0 Å². The van der Waals surface area contributed by atoms with Crippen LogP contribution in [-0.2, 0) is 11.0 Å². The molecule has 0 radical (unpaired) electrons. The Morgan fingerprint density at radius 1 is 1.60 bits per heavy atom. The highest BCUT2D eigenvalue weighted by Gasteiger charge is 2.20. The Kier molecular flexibility index (Phi) is 4.14. The van der Waals surface area contributed by atoms with Crippen molar-refractivity contribution in [3.8, 4) is 0 Å². The first-order valence-corrected chi connectivity index (χ1v) is 7.25. The van der Waals surface area contributed by atoms with Gasteiger partial charge in [-0.2, -0.15) is 0 Å². The second-order valence-corrected chi connectivity index (χ2v) is 7.88. The molecule has 0 saturated heterocycles. The third kappa shape index (κ3) is 3.74. The van der Waals surface area contributed by atoms with Crippen LogP contribution < -0.4 is 4.72 Å². The van der Waals surface area contributed by atoms with Crippen LogP contribution in [0.25, 0.3) is 5.70 Å². The number of halogens is 1. The standard InChI is InChI=1S/C10H14BrNOS2/c1-7(9-5-8(11)6-14-9)12-15(13)10(2,3)4/h5-6,12H,1H2,2-4H3. The molecule has 1 N–H and O–H groups in total. The van der Waals surface area contributed by atoms with Crippen molar-refractivity contribution < 1.29 is 4.21 Å². The highest BCUT2D eigenvalue weighted by molar-refractivity contribution is 9.10. The van der Waals surface area contributed by atoms with Crippen LogP contribution in [0.5, 0.6) is 0 Å². The van der Waals surface area contributed by atoms with E-state index in [9.17, 15) is 4.21 Å². The van der Waals surface area contributed by atoms with Crippen molar-refractivity contribution in [2.24, 2.45) is 0 Å². The summed E-state index contributed by atoms with van der Waals surface area (Å²) in [6.07, 6.45) is 0. The maximum atomic E-state index is 11.8. The van der Waals surface area contributed by atoms with Crippen LogP contribution in [0.1, 0.15) is 25.6 Å². The molecule has 0 fully saturated rings. The number of rotatable bonds is 3. The molecular formula is C10H14BrNOS2. The number of nitrogens with one attached hydrogen (secondary N) is 1. The Morgan fingerprint density at radius 2 is 2.20 bits per heavy atom. The van der Waals surface area contributed by atoms with Crippen molar-refractivity contribution >= 4 is 43.9 Å². The summed E-state index contributed by atoms with van der Waals surface area (Å²) in [5.74, 6) is 0. The molecule has 1 unspecified atom stereocenters. The lowest BCUT2D eigenvalue weighted by Crippen LogP contribution is -2.31. The molecule has 15 heavy (non-hydrogen) atoms. The molecule has 0 amide bonds. The molecule has 0 aliphatic heterocycles. The van der Waals surface area contributed by atoms with Gasteiger partial charge in [-0.25, -0.2) is 4.21 Å². The number of hydrogen-bond acceptors (Lipinski definition) is 2. The molecule has 0 aromatic carbocycles. The van der Waals surface area contributed by atoms with Crippen molar-refractivity contribution in [1.82, 2.24) is 4.72 Å². The molecule has 0 bridgehead atoms. The highest BCUT2D eigenvalue weighted by Crippen LogP contribution is 2.25. The lowest BCUT2D eigenvalue weighted by molar-refractivity contribution is 0.645. The minimum atomic E-state index is -1.12. The van der Waals surface area contributed by atoms with Gasteiger partial charge in [-0.1, -0.05) is 6.58 Å². The Bertz CT molecular complexity index is 392. The fourth-order valence-corrected chi connectivity index (χ4v) is 2.85. The third-order valence-electron chi connectivity index (χ3n) is 1.64. The van der Waals surface area contributed by atoms with E-state index in [0.717, 1.165) is 9.35 Å². The highest BCUT2D eigenvalue weighted by atomic mass is 79.9. The predicted octanol–water partition coefficient (Wildman–Crippen LogP) is 3.53. The molecule has 5 heteroatoms. The minimum Gasteiger partial charge on any atom is -0.304 e. The average Bonchev–Trinajstić information content (AvgIpc) is 2.50. The van der Waals surface area contributed by atoms with E-state index in [2.05, 4.69) is 27.2 Å². The first kappa shape index (κ1) is 12.9. The zero-order valence-electron chi connectivity index (χ0n) is 8.96. The lowest BCUT2D eigenvalue weighted by Gasteiger charge is -2.19. The fourth-order valence-electron chi connectivity index (χ4n) is 0.787. The second-order valence-electron chi connectivity index (χ2n) is 4.09. The number of thiophene rings is 1. The molecule has 1 heterocycles. The Morgan fingerprint density at radius 3 is 2.60 bits per heavy atom. The van der Waals surface area contributed by atoms with Gasteiger partial charge in [0.2, 0.25) is 0 Å². The second kappa shape index (κ2) is 4.80. The summed E-state index contributed by atoms with van der Waals surface area (Å²) in [6.45, 7) is 9.65. The summed E-state index contributed by atoms with van der Waals surface area (Å²) in [5, 5.41) is 1.97. The molecule has 1 aromatic rings. The smallest absolute Gasteiger partial charge is 0.122 e. The average molecular weight is 308 g/mol. The molecule has 1 rings (SSSR count). The zero-order valence-corrected chi connectivity index (χ0v) is 12.2. The summed E-state index contributed by atoms with van der Waals surface area (Å²) >= 11 is 4.94. The monoisotopic (exact) mass is 307 g/mol. The van der Waals surface area contributed by atoms with E-state index >= 15 is 0 Å². The van der Waals surface area contributed by atoms with Gasteiger partial charge in [0.25, 0.3) is 0 Å². The molecule has 0 aliphatic rings. The third-order valence-corrected chi connectivity index (χ3v) is 4.93. The van der Waals surface area contributed by atoms with E-state index in [1.165, 1.54) is 0 Å². The number of hydrogen-bond donors (Lipinski definition) is 1. The van der Waals surface area contributed by atoms with E-state index in [4.69, 9.17) is 0 Å². The molecular weight excluding hydrogens is 294 g/mol. The van der Waals surface area contributed by atoms with Crippen LogP contribution in [0, 0.1) is 0 Å². The Hall–Kier alpha value is -0.130. The Balaban J connectivity index is 2.69. The first-order valence-electron chi connectivity index (χ1n) is 4.42. The SMILES string of the molecule is C=C(NS(=O)C(C)(C)C)c1cc(Br)cs1.